The molecule has 2 heterocycles. The van der Waals surface area contributed by atoms with E-state index in [4.69, 9.17) is 9.47 Å². The first-order valence-corrected chi connectivity index (χ1v) is 7.59. The van der Waals surface area contributed by atoms with Crippen molar-refractivity contribution in [1.82, 2.24) is 10.6 Å². The van der Waals surface area contributed by atoms with Gasteiger partial charge in [0.15, 0.2) is 0 Å². The maximum absolute atomic E-state index is 12.0. The summed E-state index contributed by atoms with van der Waals surface area (Å²) in [5, 5.41) is 6.42. The third kappa shape index (κ3) is 4.17. The molecular weight excluding hydrogens is 256 g/mol. The van der Waals surface area contributed by atoms with Crippen LogP contribution in [-0.2, 0) is 14.3 Å². The van der Waals surface area contributed by atoms with Crippen molar-refractivity contribution in [2.24, 2.45) is 0 Å². The van der Waals surface area contributed by atoms with Gasteiger partial charge in [0.25, 0.3) is 0 Å². The molecule has 2 N–H and O–H groups in total. The summed E-state index contributed by atoms with van der Waals surface area (Å²) in [5.41, 5.74) is -0.360. The minimum Gasteiger partial charge on any atom is -0.381 e. The van der Waals surface area contributed by atoms with Gasteiger partial charge in [-0.2, -0.15) is 0 Å². The molecule has 1 amide bonds. The molecule has 20 heavy (non-hydrogen) atoms. The number of ether oxygens (including phenoxy) is 2. The van der Waals surface area contributed by atoms with Crippen molar-refractivity contribution in [3.63, 3.8) is 0 Å². The Balaban J connectivity index is 1.75. The van der Waals surface area contributed by atoms with Crippen molar-refractivity contribution in [3.8, 4) is 0 Å². The average molecular weight is 284 g/mol. The molecule has 0 aromatic rings. The summed E-state index contributed by atoms with van der Waals surface area (Å²) in [6, 6.07) is 0.472. The van der Waals surface area contributed by atoms with Crippen LogP contribution in [0.3, 0.4) is 0 Å². The first kappa shape index (κ1) is 15.7. The van der Waals surface area contributed by atoms with E-state index in [9.17, 15) is 4.79 Å². The Bertz CT molecular complexity index is 349. The van der Waals surface area contributed by atoms with Crippen molar-refractivity contribution < 1.29 is 14.3 Å². The minimum atomic E-state index is -0.234. The van der Waals surface area contributed by atoms with E-state index in [0.717, 1.165) is 32.5 Å². The van der Waals surface area contributed by atoms with Crippen LogP contribution in [0.4, 0.5) is 0 Å². The summed E-state index contributed by atoms with van der Waals surface area (Å²) >= 11 is 0. The van der Waals surface area contributed by atoms with Crippen LogP contribution in [0.15, 0.2) is 0 Å². The van der Waals surface area contributed by atoms with Gasteiger partial charge in [-0.3, -0.25) is 4.79 Å². The molecule has 2 rings (SSSR count). The molecule has 0 radical (unpaired) electrons. The third-order valence-electron chi connectivity index (χ3n) is 4.17. The number of hydrogen-bond acceptors (Lipinski definition) is 4. The molecule has 0 aromatic carbocycles. The summed E-state index contributed by atoms with van der Waals surface area (Å²) in [6.45, 7) is 10.2. The van der Waals surface area contributed by atoms with Gasteiger partial charge >= 0.3 is 0 Å². The highest BCUT2D eigenvalue weighted by atomic mass is 16.5. The summed E-state index contributed by atoms with van der Waals surface area (Å²) in [4.78, 5) is 12.0. The highest BCUT2D eigenvalue weighted by molar-refractivity contribution is 5.78. The Labute approximate surface area is 121 Å². The second-order valence-electron chi connectivity index (χ2n) is 7.06. The van der Waals surface area contributed by atoms with Crippen LogP contribution in [0.25, 0.3) is 0 Å². The summed E-state index contributed by atoms with van der Waals surface area (Å²) in [7, 11) is 0. The highest BCUT2D eigenvalue weighted by Gasteiger charge is 2.45. The topological polar surface area (TPSA) is 59.6 Å². The SMILES string of the molecule is CC1(C)C[C@H](NCC(=O)NC2CCOCC2)C(C)(C)O1. The van der Waals surface area contributed by atoms with Crippen molar-refractivity contribution in [2.45, 2.75) is 70.2 Å². The normalized spacial score (nSPS) is 29.3. The first-order valence-electron chi connectivity index (χ1n) is 7.59. The predicted molar refractivity (Wildman–Crippen MR) is 77.6 cm³/mol. The zero-order valence-corrected chi connectivity index (χ0v) is 13.1. The molecule has 0 bridgehead atoms. The molecule has 0 unspecified atom stereocenters. The van der Waals surface area contributed by atoms with E-state index in [2.05, 4.69) is 38.3 Å². The molecule has 1 atom stereocenters. The number of carbonyl (C=O) groups excluding carboxylic acids is 1. The number of carbonyl (C=O) groups is 1. The van der Waals surface area contributed by atoms with Gasteiger partial charge in [0.2, 0.25) is 5.91 Å². The molecule has 2 fully saturated rings. The third-order valence-corrected chi connectivity index (χ3v) is 4.17. The van der Waals surface area contributed by atoms with Gasteiger partial charge in [0.05, 0.1) is 17.7 Å². The Morgan fingerprint density at radius 2 is 1.85 bits per heavy atom. The Hall–Kier alpha value is -0.650. The number of amides is 1. The van der Waals surface area contributed by atoms with Crippen molar-refractivity contribution in [1.29, 1.82) is 0 Å². The lowest BCUT2D eigenvalue weighted by Crippen LogP contribution is -2.49. The van der Waals surface area contributed by atoms with E-state index in [1.807, 2.05) is 0 Å². The molecular formula is C15H28N2O3. The van der Waals surface area contributed by atoms with Crippen LogP contribution in [0.1, 0.15) is 47.0 Å². The lowest BCUT2D eigenvalue weighted by atomic mass is 9.94. The van der Waals surface area contributed by atoms with Crippen LogP contribution in [-0.4, -0.2) is 49.0 Å². The Kier molecular flexibility index (Phi) is 4.72. The standard InChI is InChI=1S/C15H28N2O3/c1-14(2)9-12(15(3,4)20-14)16-10-13(18)17-11-5-7-19-8-6-11/h11-12,16H,5-10H2,1-4H3,(H,17,18)/t12-/m0/s1. The lowest BCUT2D eigenvalue weighted by Gasteiger charge is -2.28. The van der Waals surface area contributed by atoms with Gasteiger partial charge in [0.1, 0.15) is 0 Å². The Morgan fingerprint density at radius 3 is 2.40 bits per heavy atom. The van der Waals surface area contributed by atoms with Crippen molar-refractivity contribution >= 4 is 5.91 Å². The van der Waals surface area contributed by atoms with Gasteiger partial charge in [0, 0.05) is 25.3 Å². The molecule has 2 aliphatic rings. The molecule has 0 spiro atoms. The quantitative estimate of drug-likeness (QED) is 0.815. The van der Waals surface area contributed by atoms with Gasteiger partial charge in [-0.05, 0) is 47.0 Å². The molecule has 2 aliphatic heterocycles. The van der Waals surface area contributed by atoms with Crippen LogP contribution in [0.5, 0.6) is 0 Å². The predicted octanol–water partition coefficient (Wildman–Crippen LogP) is 1.22. The molecule has 0 saturated carbocycles. The maximum atomic E-state index is 12.0. The van der Waals surface area contributed by atoms with Crippen LogP contribution < -0.4 is 10.6 Å². The maximum Gasteiger partial charge on any atom is 0.234 e. The fourth-order valence-electron chi connectivity index (χ4n) is 3.22. The summed E-state index contributed by atoms with van der Waals surface area (Å²) < 4.78 is 11.3. The first-order chi connectivity index (χ1) is 9.28. The second-order valence-corrected chi connectivity index (χ2v) is 7.06. The molecule has 0 aromatic heterocycles. The van der Waals surface area contributed by atoms with Gasteiger partial charge in [-0.25, -0.2) is 0 Å². The molecule has 2 saturated heterocycles. The van der Waals surface area contributed by atoms with Gasteiger partial charge < -0.3 is 20.1 Å². The smallest absolute Gasteiger partial charge is 0.234 e. The number of hydrogen-bond donors (Lipinski definition) is 2. The fourth-order valence-corrected chi connectivity index (χ4v) is 3.22. The molecule has 5 nitrogen and oxygen atoms in total. The van der Waals surface area contributed by atoms with Crippen LogP contribution in [0.2, 0.25) is 0 Å². The lowest BCUT2D eigenvalue weighted by molar-refractivity contribution is -0.121. The van der Waals surface area contributed by atoms with E-state index < -0.39 is 0 Å². The second kappa shape index (κ2) is 6.00. The summed E-state index contributed by atoms with van der Waals surface area (Å²) in [6.07, 6.45) is 2.75. The number of nitrogens with one attached hydrogen (secondary N) is 2. The highest BCUT2D eigenvalue weighted by Crippen LogP contribution is 2.37. The van der Waals surface area contributed by atoms with Crippen LogP contribution >= 0.6 is 0 Å². The Morgan fingerprint density at radius 1 is 1.20 bits per heavy atom. The van der Waals surface area contributed by atoms with Crippen molar-refractivity contribution in [3.05, 3.63) is 0 Å². The largest absolute Gasteiger partial charge is 0.381 e. The van der Waals surface area contributed by atoms with E-state index in [1.54, 1.807) is 0 Å². The molecule has 5 heteroatoms. The van der Waals surface area contributed by atoms with Crippen molar-refractivity contribution in [2.75, 3.05) is 19.8 Å². The van der Waals surface area contributed by atoms with E-state index in [1.165, 1.54) is 0 Å². The molecule has 116 valence electrons. The monoisotopic (exact) mass is 284 g/mol. The summed E-state index contributed by atoms with van der Waals surface area (Å²) in [5.74, 6) is 0.0670. The number of rotatable bonds is 4. The van der Waals surface area contributed by atoms with E-state index in [-0.39, 0.29) is 29.2 Å². The van der Waals surface area contributed by atoms with Gasteiger partial charge in [-0.15, -0.1) is 0 Å². The zero-order valence-electron chi connectivity index (χ0n) is 13.1. The van der Waals surface area contributed by atoms with E-state index >= 15 is 0 Å². The average Bonchev–Trinajstić information content (AvgIpc) is 2.55. The zero-order chi connectivity index (χ0) is 14.8. The van der Waals surface area contributed by atoms with Gasteiger partial charge in [-0.1, -0.05) is 0 Å². The molecule has 0 aliphatic carbocycles. The minimum absolute atomic E-state index is 0.0670. The van der Waals surface area contributed by atoms with Crippen LogP contribution in [0, 0.1) is 0 Å². The fraction of sp³-hybridized carbons (Fsp3) is 0.933. The van der Waals surface area contributed by atoms with E-state index in [0.29, 0.717) is 6.54 Å².